The van der Waals surface area contributed by atoms with Crippen molar-refractivity contribution in [3.8, 4) is 0 Å². The second-order valence-electron chi connectivity index (χ2n) is 6.18. The Morgan fingerprint density at radius 3 is 2.81 bits per heavy atom. The van der Waals surface area contributed by atoms with Crippen molar-refractivity contribution in [2.45, 2.75) is 26.7 Å². The highest BCUT2D eigenvalue weighted by Crippen LogP contribution is 2.20. The summed E-state index contributed by atoms with van der Waals surface area (Å²) < 4.78 is 0. The second-order valence-corrected chi connectivity index (χ2v) is 6.59. The van der Waals surface area contributed by atoms with Gasteiger partial charge >= 0.3 is 0 Å². The fraction of sp³-hybridized carbons (Fsp3) is 0.625. The molecule has 116 valence electrons. The number of nitrogens with zero attached hydrogens (tertiary/aromatic N) is 2. The third-order valence-electron chi connectivity index (χ3n) is 3.80. The number of nitrogens with one attached hydrogen (secondary N) is 2. The second kappa shape index (κ2) is 8.29. The molecule has 0 unspecified atom stereocenters. The molecule has 2 rings (SSSR count). The summed E-state index contributed by atoms with van der Waals surface area (Å²) in [5.41, 5.74) is 0.925. The molecule has 2 heterocycles. The van der Waals surface area contributed by atoms with E-state index in [2.05, 4.69) is 34.4 Å². The Morgan fingerprint density at radius 2 is 2.14 bits per heavy atom. The number of rotatable bonds is 5. The van der Waals surface area contributed by atoms with Crippen LogP contribution in [0.3, 0.4) is 0 Å². The van der Waals surface area contributed by atoms with Gasteiger partial charge in [-0.3, -0.25) is 4.98 Å². The molecule has 1 aromatic heterocycles. The Kier molecular flexibility index (Phi) is 6.39. The van der Waals surface area contributed by atoms with E-state index in [9.17, 15) is 0 Å². The molecule has 2 atom stereocenters. The first kappa shape index (κ1) is 16.2. The average molecular weight is 306 g/mol. The lowest BCUT2D eigenvalue weighted by Crippen LogP contribution is -2.40. The molecule has 0 aromatic carbocycles. The molecule has 5 heteroatoms. The lowest BCUT2D eigenvalue weighted by Gasteiger charge is -2.34. The van der Waals surface area contributed by atoms with Gasteiger partial charge in [-0.1, -0.05) is 13.8 Å². The lowest BCUT2D eigenvalue weighted by molar-refractivity contribution is 0.140. The zero-order chi connectivity index (χ0) is 15.1. The maximum absolute atomic E-state index is 5.28. The molecule has 0 aliphatic carbocycles. The van der Waals surface area contributed by atoms with Crippen LogP contribution in [0.25, 0.3) is 0 Å². The van der Waals surface area contributed by atoms with Crippen LogP contribution in [0.4, 0.5) is 5.69 Å². The third-order valence-corrected chi connectivity index (χ3v) is 4.05. The van der Waals surface area contributed by atoms with Crippen molar-refractivity contribution in [3.63, 3.8) is 0 Å². The number of hydrogen-bond donors (Lipinski definition) is 2. The largest absolute Gasteiger partial charge is 0.362 e. The van der Waals surface area contributed by atoms with E-state index >= 15 is 0 Å². The lowest BCUT2D eigenvalue weighted by atomic mass is 9.92. The van der Waals surface area contributed by atoms with Crippen LogP contribution in [0.5, 0.6) is 0 Å². The fourth-order valence-electron chi connectivity index (χ4n) is 3.09. The number of thiocarbonyl (C=S) groups is 1. The van der Waals surface area contributed by atoms with Gasteiger partial charge in [-0.15, -0.1) is 0 Å². The summed E-state index contributed by atoms with van der Waals surface area (Å²) in [4.78, 5) is 6.63. The smallest absolute Gasteiger partial charge is 0.170 e. The first-order valence-corrected chi connectivity index (χ1v) is 8.21. The summed E-state index contributed by atoms with van der Waals surface area (Å²) in [7, 11) is 0. The Hall–Kier alpha value is -1.20. The van der Waals surface area contributed by atoms with Crippen LogP contribution >= 0.6 is 12.2 Å². The molecule has 0 saturated carbocycles. The molecule has 0 amide bonds. The Morgan fingerprint density at radius 1 is 1.38 bits per heavy atom. The Bertz CT molecular complexity index is 427. The van der Waals surface area contributed by atoms with E-state index in [4.69, 9.17) is 12.2 Å². The monoisotopic (exact) mass is 306 g/mol. The predicted molar refractivity (Wildman–Crippen MR) is 92.5 cm³/mol. The van der Waals surface area contributed by atoms with Gasteiger partial charge in [0.15, 0.2) is 5.11 Å². The van der Waals surface area contributed by atoms with Gasteiger partial charge in [0.05, 0.1) is 11.9 Å². The Balaban J connectivity index is 1.60. The van der Waals surface area contributed by atoms with E-state index < -0.39 is 0 Å². The van der Waals surface area contributed by atoms with Crippen molar-refractivity contribution >= 4 is 23.0 Å². The predicted octanol–water partition coefficient (Wildman–Crippen LogP) is 2.74. The van der Waals surface area contributed by atoms with Crippen molar-refractivity contribution < 1.29 is 0 Å². The van der Waals surface area contributed by atoms with Crippen LogP contribution in [0, 0.1) is 11.8 Å². The van der Waals surface area contributed by atoms with Crippen molar-refractivity contribution in [1.82, 2.24) is 15.2 Å². The molecule has 0 bridgehead atoms. The third kappa shape index (κ3) is 5.98. The molecule has 0 radical (unpaired) electrons. The summed E-state index contributed by atoms with van der Waals surface area (Å²) in [6.45, 7) is 9.25. The van der Waals surface area contributed by atoms with Crippen LogP contribution in [0.1, 0.15) is 26.7 Å². The summed E-state index contributed by atoms with van der Waals surface area (Å²) in [6.07, 6.45) is 6.01. The maximum atomic E-state index is 5.28. The highest BCUT2D eigenvalue weighted by atomic mass is 32.1. The van der Waals surface area contributed by atoms with Crippen LogP contribution < -0.4 is 10.6 Å². The van der Waals surface area contributed by atoms with E-state index in [1.165, 1.54) is 19.5 Å². The van der Waals surface area contributed by atoms with Gasteiger partial charge in [0, 0.05) is 25.8 Å². The molecule has 2 N–H and O–H groups in total. The van der Waals surface area contributed by atoms with E-state index in [0.717, 1.165) is 37.0 Å². The highest BCUT2D eigenvalue weighted by molar-refractivity contribution is 7.80. The quantitative estimate of drug-likeness (QED) is 0.646. The molecule has 1 saturated heterocycles. The number of pyridine rings is 1. The molecular formula is C16H26N4S. The van der Waals surface area contributed by atoms with Gasteiger partial charge in [-0.05, 0) is 55.6 Å². The van der Waals surface area contributed by atoms with Crippen molar-refractivity contribution in [2.75, 3.05) is 31.5 Å². The SMILES string of the molecule is C[C@@H]1C[C@@H](C)CN(CCCNC(=S)Nc2cccnc2)C1. The van der Waals surface area contributed by atoms with E-state index in [1.807, 2.05) is 12.1 Å². The zero-order valence-electron chi connectivity index (χ0n) is 13.0. The van der Waals surface area contributed by atoms with E-state index in [1.54, 1.807) is 12.4 Å². The number of likely N-dealkylation sites (tertiary alicyclic amines) is 1. The standard InChI is InChI=1S/C16H26N4S/c1-13-9-14(2)12-20(11-13)8-4-7-18-16(21)19-15-5-3-6-17-10-15/h3,5-6,10,13-14H,4,7-9,11-12H2,1-2H3,(H2,18,19,21)/t13-,14-/m1/s1. The minimum atomic E-state index is 0.670. The van der Waals surface area contributed by atoms with E-state index in [-0.39, 0.29) is 0 Å². The van der Waals surface area contributed by atoms with Gasteiger partial charge in [0.1, 0.15) is 0 Å². The molecule has 4 nitrogen and oxygen atoms in total. The van der Waals surface area contributed by atoms with Crippen molar-refractivity contribution in [2.24, 2.45) is 11.8 Å². The average Bonchev–Trinajstić information content (AvgIpc) is 2.44. The van der Waals surface area contributed by atoms with E-state index in [0.29, 0.717) is 5.11 Å². The molecular weight excluding hydrogens is 280 g/mol. The molecule has 1 fully saturated rings. The van der Waals surface area contributed by atoms with Gasteiger partial charge in [0.2, 0.25) is 0 Å². The number of hydrogen-bond acceptors (Lipinski definition) is 3. The minimum absolute atomic E-state index is 0.670. The number of piperidine rings is 1. The van der Waals surface area contributed by atoms with Crippen LogP contribution in [0.2, 0.25) is 0 Å². The Labute approximate surface area is 133 Å². The number of aromatic nitrogens is 1. The zero-order valence-corrected chi connectivity index (χ0v) is 13.8. The van der Waals surface area contributed by atoms with Gasteiger partial charge < -0.3 is 15.5 Å². The summed E-state index contributed by atoms with van der Waals surface area (Å²) in [5.74, 6) is 1.66. The first-order valence-electron chi connectivity index (χ1n) is 7.80. The molecule has 1 aliphatic heterocycles. The molecule has 21 heavy (non-hydrogen) atoms. The highest BCUT2D eigenvalue weighted by Gasteiger charge is 2.20. The fourth-order valence-corrected chi connectivity index (χ4v) is 3.31. The topological polar surface area (TPSA) is 40.2 Å². The van der Waals surface area contributed by atoms with Crippen molar-refractivity contribution in [3.05, 3.63) is 24.5 Å². The van der Waals surface area contributed by atoms with Gasteiger partial charge in [0.25, 0.3) is 0 Å². The van der Waals surface area contributed by atoms with Crippen LogP contribution in [-0.2, 0) is 0 Å². The molecule has 0 spiro atoms. The summed E-state index contributed by atoms with van der Waals surface area (Å²) in [6, 6.07) is 3.85. The maximum Gasteiger partial charge on any atom is 0.170 e. The molecule has 1 aromatic rings. The minimum Gasteiger partial charge on any atom is -0.362 e. The normalized spacial score (nSPS) is 22.8. The van der Waals surface area contributed by atoms with Crippen molar-refractivity contribution in [1.29, 1.82) is 0 Å². The molecule has 1 aliphatic rings. The number of anilines is 1. The first-order chi connectivity index (χ1) is 10.1. The van der Waals surface area contributed by atoms with Gasteiger partial charge in [-0.25, -0.2) is 0 Å². The summed E-state index contributed by atoms with van der Waals surface area (Å²) in [5, 5.41) is 7.07. The van der Waals surface area contributed by atoms with Crippen LogP contribution in [-0.4, -0.2) is 41.2 Å². The summed E-state index contributed by atoms with van der Waals surface area (Å²) >= 11 is 5.28. The van der Waals surface area contributed by atoms with Gasteiger partial charge in [-0.2, -0.15) is 0 Å². The van der Waals surface area contributed by atoms with Crippen LogP contribution in [0.15, 0.2) is 24.5 Å².